The number of hydrogen-bond donors (Lipinski definition) is 2. The van der Waals surface area contributed by atoms with Gasteiger partial charge in [-0.1, -0.05) is 11.6 Å². The number of carboxylic acid groups (broad SMARTS) is 1. The number of ether oxygens (including phenoxy) is 2. The van der Waals surface area contributed by atoms with Gasteiger partial charge in [0.2, 0.25) is 0 Å². The quantitative estimate of drug-likeness (QED) is 0.629. The summed E-state index contributed by atoms with van der Waals surface area (Å²) in [4.78, 5) is 23.9. The molecule has 2 N–H and O–H groups in total. The predicted octanol–water partition coefficient (Wildman–Crippen LogP) is 2.98. The molecule has 2 aliphatic rings. The van der Waals surface area contributed by atoms with E-state index in [0.29, 0.717) is 22.4 Å². The van der Waals surface area contributed by atoms with Gasteiger partial charge in [0.1, 0.15) is 23.7 Å². The fourth-order valence-electron chi connectivity index (χ4n) is 4.04. The van der Waals surface area contributed by atoms with Crippen LogP contribution in [-0.4, -0.2) is 29.3 Å². The van der Waals surface area contributed by atoms with Crippen LogP contribution in [0, 0.1) is 18.8 Å². The maximum Gasteiger partial charge on any atom is 0.342 e. The van der Waals surface area contributed by atoms with Crippen molar-refractivity contribution in [2.24, 2.45) is 11.8 Å². The van der Waals surface area contributed by atoms with Crippen molar-refractivity contribution in [2.45, 2.75) is 39.7 Å². The Morgan fingerprint density at radius 2 is 2.16 bits per heavy atom. The second-order valence-corrected chi connectivity index (χ2v) is 6.70. The number of methoxy groups -OCH3 is 1. The standard InChI is InChI=1S/C19H22O6/c1-9-5-4-6-11(9)12(18(21)22)7-13-16(20)15-14(8-25-19(15)23)10(2)17(13)24-3/h5,11-12,20H,4,6-8H2,1-3H3,(H,21,22). The number of phenolic OH excluding ortho intramolecular Hbond substituents is 1. The molecule has 2 atom stereocenters. The van der Waals surface area contributed by atoms with Crippen molar-refractivity contribution in [3.05, 3.63) is 33.9 Å². The van der Waals surface area contributed by atoms with Crippen LogP contribution in [0.15, 0.2) is 11.6 Å². The molecule has 1 aromatic rings. The molecule has 0 saturated carbocycles. The van der Waals surface area contributed by atoms with E-state index in [1.807, 2.05) is 6.92 Å². The van der Waals surface area contributed by atoms with E-state index in [2.05, 4.69) is 6.08 Å². The van der Waals surface area contributed by atoms with Gasteiger partial charge in [-0.2, -0.15) is 0 Å². The number of fused-ring (bicyclic) bond motifs is 1. The van der Waals surface area contributed by atoms with Gasteiger partial charge in [-0.3, -0.25) is 4.79 Å². The van der Waals surface area contributed by atoms with E-state index in [0.717, 1.165) is 18.4 Å². The lowest BCUT2D eigenvalue weighted by Gasteiger charge is -2.24. The molecule has 25 heavy (non-hydrogen) atoms. The highest BCUT2D eigenvalue weighted by Crippen LogP contribution is 2.44. The molecule has 1 aliphatic carbocycles. The van der Waals surface area contributed by atoms with Gasteiger partial charge in [-0.05, 0) is 44.6 Å². The first kappa shape index (κ1) is 17.3. The molecular weight excluding hydrogens is 324 g/mol. The minimum atomic E-state index is -0.915. The normalized spacial score (nSPS) is 20.0. The Bertz CT molecular complexity index is 777. The number of aliphatic carboxylic acids is 1. The largest absolute Gasteiger partial charge is 0.507 e. The zero-order valence-electron chi connectivity index (χ0n) is 14.6. The Balaban J connectivity index is 2.08. The second kappa shape index (κ2) is 6.43. The fourth-order valence-corrected chi connectivity index (χ4v) is 4.04. The second-order valence-electron chi connectivity index (χ2n) is 6.70. The summed E-state index contributed by atoms with van der Waals surface area (Å²) in [5.74, 6) is -2.05. The number of phenols is 1. The van der Waals surface area contributed by atoms with Crippen LogP contribution in [0.25, 0.3) is 0 Å². The number of aromatic hydroxyl groups is 1. The third-order valence-electron chi connectivity index (χ3n) is 5.40. The van der Waals surface area contributed by atoms with Gasteiger partial charge in [-0.25, -0.2) is 4.79 Å². The zero-order valence-corrected chi connectivity index (χ0v) is 14.6. The predicted molar refractivity (Wildman–Crippen MR) is 89.8 cm³/mol. The van der Waals surface area contributed by atoms with Crippen LogP contribution in [0.3, 0.4) is 0 Å². The van der Waals surface area contributed by atoms with Gasteiger partial charge >= 0.3 is 11.9 Å². The van der Waals surface area contributed by atoms with Crippen LogP contribution in [0.1, 0.15) is 46.8 Å². The maximum absolute atomic E-state index is 12.0. The molecule has 0 amide bonds. The van der Waals surface area contributed by atoms with Crippen molar-refractivity contribution in [2.75, 3.05) is 7.11 Å². The van der Waals surface area contributed by atoms with Crippen molar-refractivity contribution in [1.82, 2.24) is 0 Å². The summed E-state index contributed by atoms with van der Waals surface area (Å²) in [6.07, 6.45) is 3.79. The van der Waals surface area contributed by atoms with Gasteiger partial charge < -0.3 is 19.7 Å². The Labute approximate surface area is 146 Å². The molecule has 0 bridgehead atoms. The maximum atomic E-state index is 12.0. The third kappa shape index (κ3) is 2.75. The number of hydrogen-bond acceptors (Lipinski definition) is 5. The van der Waals surface area contributed by atoms with Crippen LogP contribution in [0.4, 0.5) is 0 Å². The number of carboxylic acids is 1. The molecule has 1 aromatic carbocycles. The molecule has 3 rings (SSSR count). The summed E-state index contributed by atoms with van der Waals surface area (Å²) in [5.41, 5.74) is 2.87. The van der Waals surface area contributed by atoms with E-state index in [1.54, 1.807) is 6.92 Å². The Morgan fingerprint density at radius 3 is 2.72 bits per heavy atom. The highest BCUT2D eigenvalue weighted by molar-refractivity contribution is 5.98. The minimum Gasteiger partial charge on any atom is -0.507 e. The van der Waals surface area contributed by atoms with Gasteiger partial charge in [-0.15, -0.1) is 0 Å². The van der Waals surface area contributed by atoms with Crippen molar-refractivity contribution in [3.8, 4) is 11.5 Å². The Morgan fingerprint density at radius 1 is 1.44 bits per heavy atom. The first-order chi connectivity index (χ1) is 11.9. The van der Waals surface area contributed by atoms with Crippen molar-refractivity contribution >= 4 is 11.9 Å². The van der Waals surface area contributed by atoms with Crippen LogP contribution in [-0.2, 0) is 22.6 Å². The number of benzene rings is 1. The van der Waals surface area contributed by atoms with Gasteiger partial charge in [0.15, 0.2) is 0 Å². The lowest BCUT2D eigenvalue weighted by Crippen LogP contribution is -2.26. The number of esters is 1. The smallest absolute Gasteiger partial charge is 0.342 e. The summed E-state index contributed by atoms with van der Waals surface area (Å²) in [7, 11) is 1.48. The summed E-state index contributed by atoms with van der Waals surface area (Å²) in [6, 6.07) is 0. The Hall–Kier alpha value is -2.50. The van der Waals surface area contributed by atoms with E-state index in [1.165, 1.54) is 7.11 Å². The van der Waals surface area contributed by atoms with Crippen LogP contribution >= 0.6 is 0 Å². The molecule has 1 aliphatic heterocycles. The van der Waals surface area contributed by atoms with Gasteiger partial charge in [0, 0.05) is 11.1 Å². The molecule has 0 aromatic heterocycles. The lowest BCUT2D eigenvalue weighted by atomic mass is 9.81. The number of allylic oxidation sites excluding steroid dienone is 2. The summed E-state index contributed by atoms with van der Waals surface area (Å²) >= 11 is 0. The van der Waals surface area contributed by atoms with Crippen LogP contribution in [0.2, 0.25) is 0 Å². The molecule has 0 saturated heterocycles. The molecule has 6 nitrogen and oxygen atoms in total. The van der Waals surface area contributed by atoms with Crippen molar-refractivity contribution < 1.29 is 29.3 Å². The third-order valence-corrected chi connectivity index (χ3v) is 5.40. The number of rotatable bonds is 5. The van der Waals surface area contributed by atoms with E-state index >= 15 is 0 Å². The van der Waals surface area contributed by atoms with Gasteiger partial charge in [0.05, 0.1) is 13.0 Å². The molecule has 0 radical (unpaired) electrons. The zero-order chi connectivity index (χ0) is 18.3. The first-order valence-corrected chi connectivity index (χ1v) is 8.34. The van der Waals surface area contributed by atoms with Crippen molar-refractivity contribution in [3.63, 3.8) is 0 Å². The molecule has 0 fully saturated rings. The van der Waals surface area contributed by atoms with Crippen molar-refractivity contribution in [1.29, 1.82) is 0 Å². The lowest BCUT2D eigenvalue weighted by molar-refractivity contribution is -0.143. The van der Waals surface area contributed by atoms with Crippen LogP contribution in [0.5, 0.6) is 11.5 Å². The van der Waals surface area contributed by atoms with E-state index < -0.39 is 17.9 Å². The van der Waals surface area contributed by atoms with E-state index in [4.69, 9.17) is 9.47 Å². The average Bonchev–Trinajstić information content (AvgIpc) is 3.15. The molecule has 134 valence electrons. The minimum absolute atomic E-state index is 0.0814. The summed E-state index contributed by atoms with van der Waals surface area (Å²) in [6.45, 7) is 3.83. The fraction of sp³-hybridized carbons (Fsp3) is 0.474. The summed E-state index contributed by atoms with van der Waals surface area (Å²) < 4.78 is 10.5. The molecule has 0 spiro atoms. The topological polar surface area (TPSA) is 93.1 Å². The highest BCUT2D eigenvalue weighted by atomic mass is 16.5. The van der Waals surface area contributed by atoms with Crippen LogP contribution < -0.4 is 4.74 Å². The number of cyclic esters (lactones) is 1. The van der Waals surface area contributed by atoms with Gasteiger partial charge in [0.25, 0.3) is 0 Å². The molecule has 1 heterocycles. The number of carbonyl (C=O) groups is 2. The average molecular weight is 346 g/mol. The highest BCUT2D eigenvalue weighted by Gasteiger charge is 2.37. The molecule has 2 unspecified atom stereocenters. The first-order valence-electron chi connectivity index (χ1n) is 8.34. The van der Waals surface area contributed by atoms with E-state index in [-0.39, 0.29) is 30.3 Å². The Kier molecular flexibility index (Phi) is 4.45. The molecule has 6 heteroatoms. The summed E-state index contributed by atoms with van der Waals surface area (Å²) in [5, 5.41) is 20.4. The number of carbonyl (C=O) groups excluding carboxylic acids is 1. The van der Waals surface area contributed by atoms with E-state index in [9.17, 15) is 19.8 Å². The monoisotopic (exact) mass is 346 g/mol. The molecular formula is C19H22O6. The SMILES string of the molecule is COc1c(C)c2c(c(O)c1CC(C(=O)O)C1CCC=C1C)C(=O)OC2.